The maximum atomic E-state index is 12.0. The number of aliphatic hydroxyl groups is 1. The van der Waals surface area contributed by atoms with Crippen LogP contribution in [0.5, 0.6) is 0 Å². The van der Waals surface area contributed by atoms with Crippen molar-refractivity contribution in [3.05, 3.63) is 77.9 Å². The summed E-state index contributed by atoms with van der Waals surface area (Å²) in [7, 11) is 9.56. The SMILES string of the molecule is C=CC(=O)OCCOCCOC.CCO[Si](CCC(=O)OCCOCCOC)(OCC)OCC.COCCOCC=O.COCCOCCBr.COCCOCCC#N.COCCOCCN1C(=O)c2ccccc2C1=O.COCCOCCO.COCCOCCOC(=O)CCCC(=O)O.COCCOCCOCC(=O)O.COCCOCCOS(=O)(=O)c1ccc(C)cc1. The Morgan fingerprint density at radius 1 is 0.450 bits per heavy atom. The number of ether oxygens (including phenoxy) is 24. The number of alkyl halides is 1. The van der Waals surface area contributed by atoms with Crippen LogP contribution in [0.3, 0.4) is 0 Å². The Balaban J connectivity index is -0.000000266. The number of hydrogen-bond donors (Lipinski definition) is 3. The van der Waals surface area contributed by atoms with E-state index in [9.17, 15) is 46.8 Å². The van der Waals surface area contributed by atoms with Crippen LogP contribution < -0.4 is 0 Å². The molecule has 0 saturated heterocycles. The molecule has 43 nitrogen and oxygen atoms in total. The van der Waals surface area contributed by atoms with Gasteiger partial charge in [0.25, 0.3) is 21.9 Å². The van der Waals surface area contributed by atoms with E-state index in [4.69, 9.17) is 138 Å². The molecule has 0 atom stereocenters. The zero-order valence-electron chi connectivity index (χ0n) is 79.5. The predicted molar refractivity (Wildman–Crippen MR) is 483 cm³/mol. The fourth-order valence-corrected chi connectivity index (χ4v) is 11.7. The van der Waals surface area contributed by atoms with Crippen molar-refractivity contribution in [2.24, 2.45) is 0 Å². The number of amides is 2. The zero-order chi connectivity index (χ0) is 99.4. The highest BCUT2D eigenvalue weighted by molar-refractivity contribution is 9.09. The van der Waals surface area contributed by atoms with Crippen LogP contribution >= 0.6 is 15.9 Å². The van der Waals surface area contributed by atoms with Gasteiger partial charge in [-0.25, -0.2) is 9.59 Å². The minimum Gasteiger partial charge on any atom is -0.481 e. The first kappa shape index (κ1) is 137. The Kier molecular flexibility index (Phi) is 118. The number of aryl methyl sites for hydroxylation is 1. The second-order valence-electron chi connectivity index (χ2n) is 24.4. The normalized spacial score (nSPS) is 10.9. The standard InChI is InChI=1S/C14H30O7Si.C13H15NO4.C12H18O5S.C10H18O6.C8H14O4.C7H14O5.C6H11NO2.C5H11BrO2.C5H12O3.C5H10O3/c1-5-19-22(20-6-2,21-7-3)13-8-14(15)18-12-11-17-10-9-16-4;1-17-8-9-18-7-6-14-12(15)10-4-2-3-5-11(10)13(14)16;1-11-3-5-12(6-4-11)18(13,14)17-10-9-16-8-7-15-2;1-14-5-6-15-7-8-16-10(13)4-2-3-9(11)12;1-3-8(9)12-7-6-11-5-4-10-2;1-10-2-3-11-4-5-12-6-7(8)9;1-8-5-6-9-4-2-3-7;3*1-7-4-5-8-3-2-6/h5-13H2,1-4H3;2-5H,6-9H2,1H3;3-6H,7-10H2,1-2H3;2-8H2,1H3,(H,11,12);3H,1,4-7H2,2H3;2-6H2,1H3,(H,8,9);2,4-6H2,1H3;2-5H2,1H3;6H,2-5H2,1H3;2H,3-5H2,1H3. The first-order valence-corrected chi connectivity index (χ1v) is 46.4. The smallest absolute Gasteiger partial charge is 0.481 e. The molecule has 3 rings (SSSR count). The number of halogens is 1. The van der Waals surface area contributed by atoms with Crippen LogP contribution in [0.25, 0.3) is 0 Å². The molecule has 0 aliphatic carbocycles. The molecule has 0 spiro atoms. The minimum atomic E-state index is -3.68. The number of carboxylic acid groups (broad SMARTS) is 2. The molecule has 1 aliphatic heterocycles. The fourth-order valence-electron chi connectivity index (χ4n) is 8.03. The molecular formula is C85H153BrN2O41SSi. The van der Waals surface area contributed by atoms with Gasteiger partial charge in [0.15, 0.2) is 0 Å². The minimum absolute atomic E-state index is 0.0000753. The van der Waals surface area contributed by atoms with Crippen LogP contribution in [-0.4, -0.2) is 433 Å². The number of aldehydes is 1. The van der Waals surface area contributed by atoms with Gasteiger partial charge in [0.05, 0.1) is 246 Å². The Hall–Kier alpha value is -6.56. The highest BCUT2D eigenvalue weighted by atomic mass is 79.9. The third-order valence-electron chi connectivity index (χ3n) is 14.1. The van der Waals surface area contributed by atoms with Gasteiger partial charge in [-0.3, -0.25) is 33.1 Å². The topological polar surface area (TPSA) is 517 Å². The fraction of sp³-hybridized carbons (Fsp3) is 0.729. The van der Waals surface area contributed by atoms with E-state index in [-0.39, 0.29) is 101 Å². The summed E-state index contributed by atoms with van der Waals surface area (Å²) < 4.78 is 162. The molecule has 0 unspecified atom stereocenters. The lowest BCUT2D eigenvalue weighted by Crippen LogP contribution is -2.46. The highest BCUT2D eigenvalue weighted by Gasteiger charge is 2.41. The van der Waals surface area contributed by atoms with Crippen molar-refractivity contribution in [3.63, 3.8) is 0 Å². The molecule has 2 amide bonds. The molecule has 46 heteroatoms. The third-order valence-corrected chi connectivity index (χ3v) is 18.8. The molecule has 0 bridgehead atoms. The summed E-state index contributed by atoms with van der Waals surface area (Å²) in [4.78, 5) is 88.2. The summed E-state index contributed by atoms with van der Waals surface area (Å²) in [5.41, 5.74) is 1.94. The Morgan fingerprint density at radius 2 is 0.802 bits per heavy atom. The molecule has 0 aromatic heterocycles. The molecule has 131 heavy (non-hydrogen) atoms. The number of fused-ring (bicyclic) bond motifs is 1. The summed E-state index contributed by atoms with van der Waals surface area (Å²) in [6, 6.07) is 15.7. The Morgan fingerprint density at radius 3 is 1.17 bits per heavy atom. The van der Waals surface area contributed by atoms with Gasteiger partial charge in [0.2, 0.25) is 0 Å². The van der Waals surface area contributed by atoms with Gasteiger partial charge >= 0.3 is 38.7 Å². The molecular weight excluding hydrogens is 1840 g/mol. The Labute approximate surface area is 784 Å². The van der Waals surface area contributed by atoms with E-state index in [2.05, 4.69) is 36.7 Å². The first-order valence-electron chi connectivity index (χ1n) is 41.9. The summed E-state index contributed by atoms with van der Waals surface area (Å²) in [5.74, 6) is -3.48. The van der Waals surface area contributed by atoms with Crippen molar-refractivity contribution in [2.75, 3.05) is 347 Å². The van der Waals surface area contributed by atoms with E-state index in [0.29, 0.717) is 235 Å². The largest absolute Gasteiger partial charge is 0.501 e. The summed E-state index contributed by atoms with van der Waals surface area (Å²) >= 11 is 3.24. The van der Waals surface area contributed by atoms with Gasteiger partial charge in [-0.15, -0.1) is 0 Å². The molecule has 0 radical (unpaired) electrons. The number of nitriles is 1. The third kappa shape index (κ3) is 104. The van der Waals surface area contributed by atoms with Crippen LogP contribution in [0.2, 0.25) is 6.04 Å². The van der Waals surface area contributed by atoms with Gasteiger partial charge in [-0.1, -0.05) is 52.3 Å². The number of benzene rings is 2. The second-order valence-corrected chi connectivity index (χ2v) is 29.5. The number of aliphatic carboxylic acids is 2. The average Bonchev–Trinajstić information content (AvgIpc) is 1.64. The maximum Gasteiger partial charge on any atom is 0.501 e. The van der Waals surface area contributed by atoms with Crippen LogP contribution in [0.15, 0.2) is 66.1 Å². The number of esters is 3. The van der Waals surface area contributed by atoms with Crippen molar-refractivity contribution in [1.29, 1.82) is 5.26 Å². The van der Waals surface area contributed by atoms with Crippen molar-refractivity contribution >= 4 is 82.8 Å². The van der Waals surface area contributed by atoms with Crippen molar-refractivity contribution in [1.82, 2.24) is 4.90 Å². The van der Waals surface area contributed by atoms with Crippen LogP contribution in [0.4, 0.5) is 0 Å². The Bertz CT molecular complexity index is 2970. The van der Waals surface area contributed by atoms with E-state index in [1.807, 2.05) is 33.8 Å². The van der Waals surface area contributed by atoms with Crippen molar-refractivity contribution < 1.29 is 193 Å². The quantitative estimate of drug-likeness (QED) is 0.00833. The number of carbonyl (C=O) groups excluding carboxylic acids is 6. The number of hydrogen-bond acceptors (Lipinski definition) is 40. The highest BCUT2D eigenvalue weighted by Crippen LogP contribution is 2.22. The zero-order valence-corrected chi connectivity index (χ0v) is 82.9. The van der Waals surface area contributed by atoms with E-state index < -0.39 is 42.8 Å². The second kappa shape index (κ2) is 112. The number of carbonyl (C=O) groups is 8. The van der Waals surface area contributed by atoms with E-state index in [1.165, 1.54) is 17.0 Å². The lowest BCUT2D eigenvalue weighted by atomic mass is 10.1. The molecule has 0 saturated carbocycles. The van der Waals surface area contributed by atoms with Gasteiger partial charge < -0.3 is 147 Å². The van der Waals surface area contributed by atoms with E-state index in [0.717, 1.165) is 29.9 Å². The lowest BCUT2D eigenvalue weighted by molar-refractivity contribution is -0.146. The van der Waals surface area contributed by atoms with Crippen LogP contribution in [0, 0.1) is 18.3 Å². The van der Waals surface area contributed by atoms with Gasteiger partial charge in [-0.05, 0) is 58.4 Å². The monoisotopic (exact) mass is 2000 g/mol. The average molecular weight is 2000 g/mol. The number of nitrogens with zero attached hydrogens (tertiary/aromatic N) is 2. The van der Waals surface area contributed by atoms with Crippen LogP contribution in [0.1, 0.15) is 79.2 Å². The van der Waals surface area contributed by atoms with E-state index in [1.54, 1.807) is 107 Å². The van der Waals surface area contributed by atoms with Crippen molar-refractivity contribution in [2.45, 2.75) is 70.7 Å². The molecule has 0 fully saturated rings. The first-order chi connectivity index (χ1) is 63.3. The van der Waals surface area contributed by atoms with E-state index >= 15 is 0 Å². The van der Waals surface area contributed by atoms with Gasteiger partial charge in [0.1, 0.15) is 39.3 Å². The molecule has 766 valence electrons. The predicted octanol–water partition coefficient (Wildman–Crippen LogP) is 5.61. The number of imide groups is 1. The number of aliphatic hydroxyl groups excluding tert-OH is 1. The molecule has 1 heterocycles. The summed E-state index contributed by atoms with van der Waals surface area (Å²) in [6.07, 6.45) is 2.93. The molecule has 3 N–H and O–H groups in total. The van der Waals surface area contributed by atoms with Crippen molar-refractivity contribution in [3.8, 4) is 6.07 Å². The number of methoxy groups -OCH3 is 10. The molecule has 2 aromatic carbocycles. The van der Waals surface area contributed by atoms with Crippen LogP contribution in [-0.2, 0) is 170 Å². The maximum absolute atomic E-state index is 12.0. The summed E-state index contributed by atoms with van der Waals surface area (Å²) in [6.45, 7) is 28.0. The molecule has 1 aliphatic rings. The summed E-state index contributed by atoms with van der Waals surface area (Å²) in [5, 5.41) is 33.7. The van der Waals surface area contributed by atoms with Gasteiger partial charge in [-0.2, -0.15) is 13.7 Å². The number of carboxylic acids is 2. The molecule has 2 aromatic rings. The lowest BCUT2D eigenvalue weighted by Gasteiger charge is -2.28. The van der Waals surface area contributed by atoms with Gasteiger partial charge in [0, 0.05) is 128 Å². The number of rotatable bonds is 74.